The van der Waals surface area contributed by atoms with Gasteiger partial charge >= 0.3 is 5.97 Å². The van der Waals surface area contributed by atoms with Gasteiger partial charge in [0.1, 0.15) is 5.69 Å². The molecule has 5 radical (unpaired) electrons. The Kier molecular flexibility index (Phi) is 33.4. The number of amidine groups is 1. The van der Waals surface area contributed by atoms with Gasteiger partial charge in [0.2, 0.25) is 0 Å². The molecule has 13 nitrogen and oxygen atoms in total. The maximum Gasteiger partial charge on any atom is 0.354 e. The molecule has 0 saturated carbocycles. The molecule has 84 heavy (non-hydrogen) atoms. The number of halogens is 4. The van der Waals surface area contributed by atoms with Crippen LogP contribution >= 0.6 is 0 Å². The van der Waals surface area contributed by atoms with Gasteiger partial charge in [-0.3, -0.25) is 37.5 Å². The van der Waals surface area contributed by atoms with Gasteiger partial charge in [0.05, 0.1) is 25.3 Å². The Bertz CT molecular complexity index is 3580. The number of likely N-dealkylation sites (N-methyl/N-ethyl adjacent to an activating group) is 1. The first-order chi connectivity index (χ1) is 38.3. The van der Waals surface area contributed by atoms with Crippen molar-refractivity contribution in [3.05, 3.63) is 272 Å². The number of aromatic carboxylic acids is 1. The summed E-state index contributed by atoms with van der Waals surface area (Å²) >= 11 is 0. The van der Waals surface area contributed by atoms with Crippen LogP contribution in [0.15, 0.2) is 207 Å². The third kappa shape index (κ3) is 23.3. The topological polar surface area (TPSA) is 137 Å². The van der Waals surface area contributed by atoms with E-state index in [1.165, 1.54) is 17.8 Å². The number of hydrogen-bond acceptors (Lipinski definition) is 8. The number of aliphatic imine (C=N–C) groups is 1. The van der Waals surface area contributed by atoms with Crippen molar-refractivity contribution in [1.29, 1.82) is 0 Å². The average molecular weight is 2020 g/mol. The van der Waals surface area contributed by atoms with Crippen LogP contribution in [0, 0.1) is 53.6 Å². The molecular weight excluding hydrogens is 1970 g/mol. The van der Waals surface area contributed by atoms with Crippen LogP contribution in [-0.4, -0.2) is 85.1 Å². The van der Waals surface area contributed by atoms with E-state index < -0.39 is 29.2 Å². The molecule has 0 aliphatic carbocycles. The van der Waals surface area contributed by atoms with Crippen molar-refractivity contribution in [2.24, 2.45) is 26.1 Å². The van der Waals surface area contributed by atoms with Gasteiger partial charge in [0.15, 0.2) is 0 Å². The van der Waals surface area contributed by atoms with Crippen molar-refractivity contribution in [3.63, 3.8) is 0 Å². The van der Waals surface area contributed by atoms with Crippen molar-refractivity contribution in [2.75, 3.05) is 20.1 Å². The molecule has 6 heterocycles. The molecule has 445 valence electrons. The molecule has 0 atom stereocenters. The molecule has 6 aromatic carbocycles. The van der Waals surface area contributed by atoms with Crippen LogP contribution in [0.2, 0.25) is 0 Å². The SMILES string of the molecule is CN1CCN=C1c1[c-]cc(F)cc1F.Cn1cnc(-c2[c-]cc(F)cc2F)c1.Cn1cnc(-c2[c-]cccc2)c1.Cn1cnc(-c2[c-]cccc2)c1.O=C(O)c1ccccn1.[Ir].[Ir].[Ir].[Ir].[Ir].[c-]1ccccc1-c1cn(Cc2ccccc2)cn1. The molecule has 1 aliphatic heterocycles. The number of aromatic nitrogens is 9. The van der Waals surface area contributed by atoms with Gasteiger partial charge < -0.3 is 33.3 Å². The van der Waals surface area contributed by atoms with Gasteiger partial charge in [-0.05, 0) is 49.5 Å². The smallest absolute Gasteiger partial charge is 0.354 e. The number of nitrogens with zero attached hydrogens (tertiary/aromatic N) is 11. The normalized spacial score (nSPS) is 10.5. The number of pyridine rings is 1. The van der Waals surface area contributed by atoms with E-state index in [-0.39, 0.29) is 117 Å². The summed E-state index contributed by atoms with van der Waals surface area (Å²) < 4.78 is 59.3. The Morgan fingerprint density at radius 3 is 1.33 bits per heavy atom. The first-order valence-corrected chi connectivity index (χ1v) is 24.3. The summed E-state index contributed by atoms with van der Waals surface area (Å²) in [7, 11) is 7.51. The Hall–Kier alpha value is -6.78. The van der Waals surface area contributed by atoms with E-state index in [2.05, 4.69) is 95.3 Å². The first kappa shape index (κ1) is 73.3. The maximum atomic E-state index is 13.3. The monoisotopic (exact) mass is 2020 g/mol. The second-order valence-corrected chi connectivity index (χ2v) is 17.2. The number of hydrogen-bond donors (Lipinski definition) is 1. The number of carboxylic acids is 1. The Morgan fingerprint density at radius 1 is 0.512 bits per heavy atom. The fourth-order valence-corrected chi connectivity index (χ4v) is 7.23. The summed E-state index contributed by atoms with van der Waals surface area (Å²) in [6, 6.07) is 57.1. The number of benzene rings is 6. The molecule has 0 amide bonds. The predicted molar refractivity (Wildman–Crippen MR) is 295 cm³/mol. The molecule has 11 aromatic rings. The molecule has 1 aliphatic rings. The molecule has 12 rings (SSSR count). The Balaban J connectivity index is 0.000000344. The number of carboxylic acid groups (broad SMARTS) is 1. The first-order valence-electron chi connectivity index (χ1n) is 24.3. The third-order valence-electron chi connectivity index (χ3n) is 11.0. The largest absolute Gasteiger partial charge is 0.477 e. The van der Waals surface area contributed by atoms with E-state index in [0.717, 1.165) is 71.1 Å². The van der Waals surface area contributed by atoms with E-state index in [1.54, 1.807) is 48.9 Å². The quantitative estimate of drug-likeness (QED) is 0.117. The van der Waals surface area contributed by atoms with Crippen LogP contribution < -0.4 is 0 Å². The third-order valence-corrected chi connectivity index (χ3v) is 11.0. The molecule has 0 unspecified atom stereocenters. The minimum absolute atomic E-state index is 0. The van der Waals surface area contributed by atoms with Crippen LogP contribution in [-0.2, 0) is 128 Å². The zero-order valence-corrected chi connectivity index (χ0v) is 57.1. The van der Waals surface area contributed by atoms with Gasteiger partial charge in [0.25, 0.3) is 0 Å². The van der Waals surface area contributed by atoms with Crippen molar-refractivity contribution >= 4 is 11.8 Å². The Morgan fingerprint density at radius 2 is 0.952 bits per heavy atom. The van der Waals surface area contributed by atoms with Crippen LogP contribution in [0.4, 0.5) is 17.6 Å². The van der Waals surface area contributed by atoms with E-state index in [4.69, 9.17) is 5.11 Å². The van der Waals surface area contributed by atoms with Crippen LogP contribution in [0.1, 0.15) is 21.6 Å². The van der Waals surface area contributed by atoms with E-state index in [0.29, 0.717) is 18.1 Å². The number of carbonyl (C=O) groups is 1. The zero-order chi connectivity index (χ0) is 55.9. The molecule has 5 aromatic heterocycles. The van der Waals surface area contributed by atoms with Gasteiger partial charge in [-0.1, -0.05) is 59.7 Å². The van der Waals surface area contributed by atoms with Crippen molar-refractivity contribution in [3.8, 4) is 45.0 Å². The molecule has 0 bridgehead atoms. The summed E-state index contributed by atoms with van der Waals surface area (Å²) in [6.07, 6.45) is 16.1. The minimum atomic E-state index is -0.990. The second kappa shape index (κ2) is 38.2. The standard InChI is InChI=1S/C16H13N2.C10H7F2N2.C10H9F2N2.2C10H9N2.C6H5NO2.5Ir/c1-3-7-14(8-4-1)11-18-12-16(17-13-18)15-9-5-2-6-10-15;1-14-5-10(13-6-14)8-3-2-7(11)4-9(8)12;1-14-5-4-13-10(14)8-3-2-7(11)6-9(8)12;2*1-12-7-10(11-8-12)9-5-3-2-4-6-9;8-6(9)5-3-1-2-4-7-5;;;;;/h1-9,12-13H,11H2;2,4-6H,1H3;2,6H,4-5H2,1H3;2*2-5,7-8H,1H3;1-4H,(H,8,9);;;;;/q5*-1;;;;;;. The molecule has 0 saturated heterocycles. The molecule has 1 N–H and O–H groups in total. The van der Waals surface area contributed by atoms with Gasteiger partial charge in [-0.2, -0.15) is 0 Å². The number of aryl methyl sites for hydroxylation is 3. The van der Waals surface area contributed by atoms with Crippen LogP contribution in [0.25, 0.3) is 45.0 Å². The van der Waals surface area contributed by atoms with Gasteiger partial charge in [-0.25, -0.2) is 9.78 Å². The van der Waals surface area contributed by atoms with Crippen LogP contribution in [0.3, 0.4) is 0 Å². The summed E-state index contributed by atoms with van der Waals surface area (Å²) in [5.41, 5.74) is 8.25. The van der Waals surface area contributed by atoms with E-state index in [9.17, 15) is 22.4 Å². The van der Waals surface area contributed by atoms with Gasteiger partial charge in [-0.15, -0.1) is 132 Å². The molecule has 0 fully saturated rings. The van der Waals surface area contributed by atoms with E-state index >= 15 is 0 Å². The van der Waals surface area contributed by atoms with Crippen LogP contribution in [0.5, 0.6) is 0 Å². The van der Waals surface area contributed by atoms with E-state index in [1.807, 2.05) is 133 Å². The fourth-order valence-electron chi connectivity index (χ4n) is 7.23. The van der Waals surface area contributed by atoms with Gasteiger partial charge in [0, 0.05) is 199 Å². The van der Waals surface area contributed by atoms with Crippen molar-refractivity contribution < 1.29 is 128 Å². The number of imidazole rings is 4. The number of rotatable bonds is 8. The predicted octanol–water partition coefficient (Wildman–Crippen LogP) is 11.6. The maximum absolute atomic E-state index is 13.3. The van der Waals surface area contributed by atoms with Crippen molar-refractivity contribution in [1.82, 2.24) is 48.1 Å². The summed E-state index contributed by atoms with van der Waals surface area (Å²) in [4.78, 5) is 36.5. The Labute approximate surface area is 553 Å². The second-order valence-electron chi connectivity index (χ2n) is 17.2. The minimum Gasteiger partial charge on any atom is -0.477 e. The fraction of sp³-hybridized carbons (Fsp3) is 0.113. The summed E-state index contributed by atoms with van der Waals surface area (Å²) in [5.74, 6) is -2.96. The zero-order valence-electron chi connectivity index (χ0n) is 45.1. The summed E-state index contributed by atoms with van der Waals surface area (Å²) in [5, 5.41) is 8.32. The molecule has 0 spiro atoms. The molecule has 22 heteroatoms. The van der Waals surface area contributed by atoms with Crippen molar-refractivity contribution in [2.45, 2.75) is 6.54 Å². The summed E-state index contributed by atoms with van der Waals surface area (Å²) in [6.45, 7) is 2.26. The molecular formula is C62H52F4Ir5N11O2-5. The average Bonchev–Trinajstić information content (AvgIpc) is 4.55.